The fourth-order valence-electron chi connectivity index (χ4n) is 5.48. The van der Waals surface area contributed by atoms with Gasteiger partial charge in [0.15, 0.2) is 5.78 Å². The van der Waals surface area contributed by atoms with E-state index in [1.807, 2.05) is 71.9 Å². The number of alkyl halides is 3. The molecule has 0 radical (unpaired) electrons. The average molecular weight is 626 g/mol. The first-order chi connectivity index (χ1) is 18.0. The predicted molar refractivity (Wildman–Crippen MR) is 162 cm³/mol. The minimum atomic E-state index is -4.43. The quantitative estimate of drug-likeness (QED) is 0.301. The number of hydrogen-bond acceptors (Lipinski definition) is 3. The topological polar surface area (TPSA) is 52.9 Å². The molecule has 0 aliphatic carbocycles. The zero-order valence-corrected chi connectivity index (χ0v) is 26.4. The second-order valence-electron chi connectivity index (χ2n) is 12.9. The summed E-state index contributed by atoms with van der Waals surface area (Å²) < 4.78 is 39.9. The number of rotatable bonds is 8. The van der Waals surface area contributed by atoms with Gasteiger partial charge in [-0.1, -0.05) is 85.2 Å². The van der Waals surface area contributed by atoms with Gasteiger partial charge in [-0.15, -0.1) is 17.0 Å². The van der Waals surface area contributed by atoms with Crippen LogP contribution in [0.3, 0.4) is 0 Å². The standard InChI is InChI=1S/C32H43F3N2O2.BrH/c1-8-12-22-18-37(29(36-20-32(33,34)35)24(22)15-21-13-10-9-11-14-21)19-27(38)23-16-25(30(2,3)4)28(39)26(17-23)31(5,6)7;/h9-11,13-14,16-17,22,24,39H,8,12,15,18-20H2,1-7H3;1H/t22-,24?;/m0./s1. The number of aliphatic imine (C=N–C) groups is 1. The molecule has 1 aliphatic rings. The summed E-state index contributed by atoms with van der Waals surface area (Å²) in [6.45, 7) is 13.1. The number of aromatic hydroxyl groups is 1. The number of carbonyl (C=O) groups is 1. The number of hydrogen-bond donors (Lipinski definition) is 1. The Kier molecular flexibility index (Phi) is 11.1. The molecule has 8 heteroatoms. The Morgan fingerprint density at radius 3 is 2.02 bits per heavy atom. The molecule has 1 aliphatic heterocycles. The van der Waals surface area contributed by atoms with E-state index in [-0.39, 0.29) is 46.9 Å². The van der Waals surface area contributed by atoms with Crippen LogP contribution in [0.25, 0.3) is 0 Å². The van der Waals surface area contributed by atoms with Gasteiger partial charge in [0, 0.05) is 29.2 Å². The maximum absolute atomic E-state index is 13.7. The van der Waals surface area contributed by atoms with Crippen molar-refractivity contribution < 1.29 is 23.1 Å². The molecule has 1 N–H and O–H groups in total. The maximum Gasteiger partial charge on any atom is 0.408 e. The first-order valence-electron chi connectivity index (χ1n) is 13.8. The third kappa shape index (κ3) is 8.58. The predicted octanol–water partition coefficient (Wildman–Crippen LogP) is 8.30. The van der Waals surface area contributed by atoms with Gasteiger partial charge >= 0.3 is 6.18 Å². The van der Waals surface area contributed by atoms with Crippen molar-refractivity contribution in [3.8, 4) is 5.75 Å². The zero-order chi connectivity index (χ0) is 29.2. The van der Waals surface area contributed by atoms with Gasteiger partial charge in [0.25, 0.3) is 0 Å². The zero-order valence-electron chi connectivity index (χ0n) is 24.7. The van der Waals surface area contributed by atoms with Gasteiger partial charge < -0.3 is 10.0 Å². The molecule has 0 bridgehead atoms. The van der Waals surface area contributed by atoms with Gasteiger partial charge in [-0.2, -0.15) is 13.2 Å². The van der Waals surface area contributed by atoms with Crippen molar-refractivity contribution in [3.63, 3.8) is 0 Å². The van der Waals surface area contributed by atoms with Crippen LogP contribution in [0.15, 0.2) is 47.5 Å². The lowest BCUT2D eigenvalue weighted by molar-refractivity contribution is -0.118. The molecule has 1 unspecified atom stereocenters. The van der Waals surface area contributed by atoms with Crippen molar-refractivity contribution in [2.75, 3.05) is 19.6 Å². The fourth-order valence-corrected chi connectivity index (χ4v) is 5.48. The molecule has 0 amide bonds. The lowest BCUT2D eigenvalue weighted by Gasteiger charge is -2.28. The third-order valence-corrected chi connectivity index (χ3v) is 7.44. The number of benzene rings is 2. The van der Waals surface area contributed by atoms with Gasteiger partial charge in [0.05, 0.1) is 6.54 Å². The molecule has 222 valence electrons. The molecule has 4 nitrogen and oxygen atoms in total. The molecule has 0 aromatic heterocycles. The van der Waals surface area contributed by atoms with Crippen LogP contribution in [0.2, 0.25) is 0 Å². The van der Waals surface area contributed by atoms with Crippen molar-refractivity contribution >= 4 is 28.6 Å². The number of phenolic OH excluding ortho intramolecular Hbond substituents is 1. The first kappa shape index (κ1) is 33.9. The smallest absolute Gasteiger partial charge is 0.408 e. The summed E-state index contributed by atoms with van der Waals surface area (Å²) in [6, 6.07) is 13.2. The maximum atomic E-state index is 13.7. The second kappa shape index (κ2) is 13.1. The lowest BCUT2D eigenvalue weighted by atomic mass is 9.78. The van der Waals surface area contributed by atoms with Crippen LogP contribution in [-0.4, -0.2) is 47.4 Å². The molecule has 2 aromatic rings. The summed E-state index contributed by atoms with van der Waals surface area (Å²) in [5, 5.41) is 11.1. The van der Waals surface area contributed by atoms with E-state index in [0.29, 0.717) is 35.5 Å². The van der Waals surface area contributed by atoms with Crippen molar-refractivity contribution in [2.24, 2.45) is 16.8 Å². The summed E-state index contributed by atoms with van der Waals surface area (Å²) in [4.78, 5) is 19.6. The Labute approximate surface area is 247 Å². The van der Waals surface area contributed by atoms with Gasteiger partial charge in [0.2, 0.25) is 0 Å². The molecule has 0 spiro atoms. The van der Waals surface area contributed by atoms with Crippen LogP contribution >= 0.6 is 17.0 Å². The van der Waals surface area contributed by atoms with E-state index < -0.39 is 23.6 Å². The largest absolute Gasteiger partial charge is 0.507 e. The van der Waals surface area contributed by atoms with Gasteiger partial charge in [-0.25, -0.2) is 0 Å². The third-order valence-electron chi connectivity index (χ3n) is 7.44. The molecular weight excluding hydrogens is 581 g/mol. The molecule has 0 saturated carbocycles. The van der Waals surface area contributed by atoms with E-state index in [9.17, 15) is 23.1 Å². The number of amidine groups is 1. The number of ketones is 1. The molecule has 3 rings (SSSR count). The van der Waals surface area contributed by atoms with Crippen molar-refractivity contribution in [1.29, 1.82) is 0 Å². The van der Waals surface area contributed by atoms with Gasteiger partial charge in [-0.3, -0.25) is 9.79 Å². The minimum Gasteiger partial charge on any atom is -0.507 e. The number of likely N-dealkylation sites (tertiary alicyclic amines) is 1. The first-order valence-corrected chi connectivity index (χ1v) is 13.8. The highest BCUT2D eigenvalue weighted by Crippen LogP contribution is 2.40. The minimum absolute atomic E-state index is 0. The monoisotopic (exact) mass is 624 g/mol. The number of nitrogens with zero attached hydrogens (tertiary/aromatic N) is 2. The van der Waals surface area contributed by atoms with E-state index in [0.717, 1.165) is 18.4 Å². The Bertz CT molecular complexity index is 1150. The van der Waals surface area contributed by atoms with E-state index in [1.165, 1.54) is 0 Å². The summed E-state index contributed by atoms with van der Waals surface area (Å²) in [7, 11) is 0. The van der Waals surface area contributed by atoms with Crippen molar-refractivity contribution in [2.45, 2.75) is 84.7 Å². The highest BCUT2D eigenvalue weighted by atomic mass is 79.9. The highest BCUT2D eigenvalue weighted by molar-refractivity contribution is 8.93. The Balaban J connectivity index is 0.00000560. The lowest BCUT2D eigenvalue weighted by Crippen LogP contribution is -2.34. The molecule has 1 fully saturated rings. The van der Waals surface area contributed by atoms with Crippen LogP contribution in [0.1, 0.15) is 88.4 Å². The Morgan fingerprint density at radius 1 is 1.00 bits per heavy atom. The molecule has 2 aromatic carbocycles. The van der Waals surface area contributed by atoms with E-state index in [2.05, 4.69) is 11.9 Å². The van der Waals surface area contributed by atoms with Crippen LogP contribution in [0, 0.1) is 11.8 Å². The van der Waals surface area contributed by atoms with Gasteiger partial charge in [0.1, 0.15) is 18.1 Å². The highest BCUT2D eigenvalue weighted by Gasteiger charge is 2.40. The van der Waals surface area contributed by atoms with Crippen LogP contribution in [-0.2, 0) is 17.3 Å². The second-order valence-corrected chi connectivity index (χ2v) is 12.9. The average Bonchev–Trinajstić information content (AvgIpc) is 3.12. The Morgan fingerprint density at radius 2 is 1.55 bits per heavy atom. The number of halogens is 4. The van der Waals surface area contributed by atoms with E-state index in [1.54, 1.807) is 17.0 Å². The Hall–Kier alpha value is -2.35. The van der Waals surface area contributed by atoms with E-state index >= 15 is 0 Å². The summed E-state index contributed by atoms with van der Waals surface area (Å²) in [5.74, 6) is 0.268. The van der Waals surface area contributed by atoms with Crippen LogP contribution in [0.5, 0.6) is 5.75 Å². The summed E-state index contributed by atoms with van der Waals surface area (Å²) in [5.41, 5.74) is 2.05. The van der Waals surface area contributed by atoms with Gasteiger partial charge in [-0.05, 0) is 47.3 Å². The molecule has 1 saturated heterocycles. The van der Waals surface area contributed by atoms with E-state index in [4.69, 9.17) is 0 Å². The summed E-state index contributed by atoms with van der Waals surface area (Å²) in [6.07, 6.45) is -2.11. The van der Waals surface area contributed by atoms with Crippen LogP contribution < -0.4 is 0 Å². The van der Waals surface area contributed by atoms with Crippen molar-refractivity contribution in [3.05, 3.63) is 64.7 Å². The molecule has 1 heterocycles. The molecular formula is C32H44BrF3N2O2. The van der Waals surface area contributed by atoms with Crippen molar-refractivity contribution in [1.82, 2.24) is 4.90 Å². The van der Waals surface area contributed by atoms with Crippen LogP contribution in [0.4, 0.5) is 13.2 Å². The SMILES string of the molecule is Br.CCC[C@H]1CN(CC(=O)c2cc(C(C)(C)C)c(O)c(C(C)(C)C)c2)C(=NCC(F)(F)F)C1Cc1ccccc1. The number of Topliss-reactive ketones (excluding diaryl/α,β-unsaturated/α-hetero) is 1. The fraction of sp³-hybridized carbons (Fsp3) is 0.562. The normalized spacial score (nSPS) is 19.1. The molecule has 2 atom stereocenters. The molecule has 40 heavy (non-hydrogen) atoms. The number of carbonyl (C=O) groups excluding carboxylic acids is 1. The summed E-state index contributed by atoms with van der Waals surface area (Å²) >= 11 is 0. The number of phenols is 1.